The number of nitrogens with one attached hydrogen (secondary N) is 1. The van der Waals surface area contributed by atoms with Crippen LogP contribution >= 0.6 is 0 Å². The standard InChI is InChI=1S/C11H19N5O2/c1-7(12)9-3-4-16(5-9)6-10(17)13-11-15-14-8(2)18-11/h7,9H,3-6,12H2,1-2H3,(H,13,15,17). The average molecular weight is 253 g/mol. The second-order valence-electron chi connectivity index (χ2n) is 4.82. The first-order chi connectivity index (χ1) is 8.54. The molecule has 2 heterocycles. The zero-order chi connectivity index (χ0) is 13.1. The minimum absolute atomic E-state index is 0.135. The molecule has 7 nitrogen and oxygen atoms in total. The molecular formula is C11H19N5O2. The lowest BCUT2D eigenvalue weighted by Crippen LogP contribution is -2.34. The van der Waals surface area contributed by atoms with Gasteiger partial charge in [0.25, 0.3) is 0 Å². The molecule has 100 valence electrons. The van der Waals surface area contributed by atoms with Crippen LogP contribution in [0.3, 0.4) is 0 Å². The molecule has 0 aromatic carbocycles. The van der Waals surface area contributed by atoms with E-state index in [2.05, 4.69) is 20.4 Å². The third-order valence-corrected chi connectivity index (χ3v) is 3.19. The Kier molecular flexibility index (Phi) is 3.93. The van der Waals surface area contributed by atoms with E-state index in [-0.39, 0.29) is 18.0 Å². The molecule has 1 fully saturated rings. The SMILES string of the molecule is Cc1nnc(NC(=O)CN2CCC(C(C)N)C2)o1. The molecule has 1 aliphatic heterocycles. The zero-order valence-electron chi connectivity index (χ0n) is 10.7. The maximum Gasteiger partial charge on any atom is 0.322 e. The molecule has 2 atom stereocenters. The van der Waals surface area contributed by atoms with Crippen LogP contribution in [0.25, 0.3) is 0 Å². The highest BCUT2D eigenvalue weighted by atomic mass is 16.4. The Bertz CT molecular complexity index is 417. The highest BCUT2D eigenvalue weighted by Crippen LogP contribution is 2.18. The first-order valence-corrected chi connectivity index (χ1v) is 6.12. The number of aryl methyl sites for hydroxylation is 1. The monoisotopic (exact) mass is 253 g/mol. The number of carbonyl (C=O) groups excluding carboxylic acids is 1. The van der Waals surface area contributed by atoms with Crippen molar-refractivity contribution in [1.82, 2.24) is 15.1 Å². The lowest BCUT2D eigenvalue weighted by molar-refractivity contribution is -0.117. The summed E-state index contributed by atoms with van der Waals surface area (Å²) in [6.07, 6.45) is 1.05. The summed E-state index contributed by atoms with van der Waals surface area (Å²) in [4.78, 5) is 13.8. The number of aromatic nitrogens is 2. The molecule has 1 amide bonds. The highest BCUT2D eigenvalue weighted by molar-refractivity contribution is 5.90. The van der Waals surface area contributed by atoms with Crippen molar-refractivity contribution in [3.8, 4) is 0 Å². The van der Waals surface area contributed by atoms with Crippen LogP contribution in [-0.2, 0) is 4.79 Å². The molecular weight excluding hydrogens is 234 g/mol. The summed E-state index contributed by atoms with van der Waals surface area (Å²) in [6.45, 7) is 5.80. The van der Waals surface area contributed by atoms with Gasteiger partial charge >= 0.3 is 6.01 Å². The molecule has 1 aliphatic rings. The first-order valence-electron chi connectivity index (χ1n) is 6.12. The largest absolute Gasteiger partial charge is 0.408 e. The zero-order valence-corrected chi connectivity index (χ0v) is 10.7. The third kappa shape index (κ3) is 3.27. The molecule has 0 bridgehead atoms. The van der Waals surface area contributed by atoms with Crippen LogP contribution in [-0.4, -0.2) is 46.7 Å². The Morgan fingerprint density at radius 1 is 1.67 bits per heavy atom. The fourth-order valence-electron chi connectivity index (χ4n) is 2.14. The van der Waals surface area contributed by atoms with Crippen molar-refractivity contribution in [3.63, 3.8) is 0 Å². The van der Waals surface area contributed by atoms with E-state index in [4.69, 9.17) is 10.2 Å². The minimum Gasteiger partial charge on any atom is -0.408 e. The summed E-state index contributed by atoms with van der Waals surface area (Å²) in [7, 11) is 0. The normalized spacial score (nSPS) is 22.1. The summed E-state index contributed by atoms with van der Waals surface area (Å²) < 4.78 is 5.09. The van der Waals surface area contributed by atoms with E-state index in [1.165, 1.54) is 0 Å². The van der Waals surface area contributed by atoms with Crippen LogP contribution in [0, 0.1) is 12.8 Å². The van der Waals surface area contributed by atoms with Crippen LogP contribution in [0.4, 0.5) is 6.01 Å². The van der Waals surface area contributed by atoms with Crippen molar-refractivity contribution in [2.45, 2.75) is 26.3 Å². The maximum absolute atomic E-state index is 11.7. The second-order valence-corrected chi connectivity index (χ2v) is 4.82. The number of carbonyl (C=O) groups is 1. The Labute approximate surface area is 106 Å². The summed E-state index contributed by atoms with van der Waals surface area (Å²) in [5, 5.41) is 9.94. The van der Waals surface area contributed by atoms with E-state index in [0.717, 1.165) is 19.5 Å². The van der Waals surface area contributed by atoms with Gasteiger partial charge in [-0.3, -0.25) is 15.0 Å². The van der Waals surface area contributed by atoms with Gasteiger partial charge in [0.1, 0.15) is 0 Å². The van der Waals surface area contributed by atoms with Gasteiger partial charge in [0, 0.05) is 19.5 Å². The van der Waals surface area contributed by atoms with E-state index in [9.17, 15) is 4.79 Å². The van der Waals surface area contributed by atoms with Crippen molar-refractivity contribution >= 4 is 11.9 Å². The second kappa shape index (κ2) is 5.45. The molecule has 0 spiro atoms. The van der Waals surface area contributed by atoms with Gasteiger partial charge in [-0.15, -0.1) is 5.10 Å². The fourth-order valence-corrected chi connectivity index (χ4v) is 2.14. The van der Waals surface area contributed by atoms with Crippen molar-refractivity contribution < 1.29 is 9.21 Å². The molecule has 1 aromatic rings. The van der Waals surface area contributed by atoms with Crippen LogP contribution < -0.4 is 11.1 Å². The number of amides is 1. The quantitative estimate of drug-likeness (QED) is 0.783. The maximum atomic E-state index is 11.7. The van der Waals surface area contributed by atoms with Crippen LogP contribution in [0.5, 0.6) is 0 Å². The van der Waals surface area contributed by atoms with Gasteiger partial charge in [-0.25, -0.2) is 0 Å². The van der Waals surface area contributed by atoms with Crippen LogP contribution in [0.15, 0.2) is 4.42 Å². The summed E-state index contributed by atoms with van der Waals surface area (Å²) in [6, 6.07) is 0.331. The number of rotatable bonds is 4. The smallest absolute Gasteiger partial charge is 0.322 e. The minimum atomic E-state index is -0.135. The molecule has 7 heteroatoms. The van der Waals surface area contributed by atoms with Gasteiger partial charge in [0.15, 0.2) is 0 Å². The Balaban J connectivity index is 1.78. The molecule has 2 rings (SSSR count). The van der Waals surface area contributed by atoms with Crippen LogP contribution in [0.2, 0.25) is 0 Å². The number of hydrogen-bond acceptors (Lipinski definition) is 6. The molecule has 1 aromatic heterocycles. The number of anilines is 1. The van der Waals surface area contributed by atoms with Gasteiger partial charge < -0.3 is 10.2 Å². The summed E-state index contributed by atoms with van der Waals surface area (Å²) in [5.74, 6) is 0.774. The molecule has 2 unspecified atom stereocenters. The fraction of sp³-hybridized carbons (Fsp3) is 0.727. The third-order valence-electron chi connectivity index (χ3n) is 3.19. The molecule has 0 saturated carbocycles. The Morgan fingerprint density at radius 2 is 2.44 bits per heavy atom. The number of likely N-dealkylation sites (tertiary alicyclic amines) is 1. The Morgan fingerprint density at radius 3 is 3.00 bits per heavy atom. The predicted molar refractivity (Wildman–Crippen MR) is 65.9 cm³/mol. The number of hydrogen-bond donors (Lipinski definition) is 2. The number of nitrogens with zero attached hydrogens (tertiary/aromatic N) is 3. The summed E-state index contributed by atoms with van der Waals surface area (Å²) in [5.41, 5.74) is 5.86. The van der Waals surface area contributed by atoms with Gasteiger partial charge in [0.05, 0.1) is 6.54 Å². The van der Waals surface area contributed by atoms with Gasteiger partial charge in [-0.2, -0.15) is 0 Å². The van der Waals surface area contributed by atoms with E-state index in [1.54, 1.807) is 6.92 Å². The van der Waals surface area contributed by atoms with Gasteiger partial charge in [0.2, 0.25) is 11.8 Å². The molecule has 0 radical (unpaired) electrons. The first kappa shape index (κ1) is 13.0. The molecule has 3 N–H and O–H groups in total. The van der Waals surface area contributed by atoms with E-state index >= 15 is 0 Å². The van der Waals surface area contributed by atoms with Crippen molar-refractivity contribution in [2.75, 3.05) is 25.0 Å². The topological polar surface area (TPSA) is 97.3 Å². The van der Waals surface area contributed by atoms with Crippen molar-refractivity contribution in [2.24, 2.45) is 11.7 Å². The number of nitrogens with two attached hydrogens (primary N) is 1. The van der Waals surface area contributed by atoms with Crippen molar-refractivity contribution in [3.05, 3.63) is 5.89 Å². The van der Waals surface area contributed by atoms with Crippen LogP contribution in [0.1, 0.15) is 19.2 Å². The average Bonchev–Trinajstić information content (AvgIpc) is 2.88. The van der Waals surface area contributed by atoms with E-state index < -0.39 is 0 Å². The van der Waals surface area contributed by atoms with E-state index in [0.29, 0.717) is 18.4 Å². The molecule has 1 saturated heterocycles. The van der Waals surface area contributed by atoms with Gasteiger partial charge in [-0.1, -0.05) is 5.10 Å². The van der Waals surface area contributed by atoms with Crippen molar-refractivity contribution in [1.29, 1.82) is 0 Å². The van der Waals surface area contributed by atoms with E-state index in [1.807, 2.05) is 6.92 Å². The highest BCUT2D eigenvalue weighted by Gasteiger charge is 2.26. The lowest BCUT2D eigenvalue weighted by Gasteiger charge is -2.16. The molecule has 18 heavy (non-hydrogen) atoms. The van der Waals surface area contributed by atoms with Gasteiger partial charge in [-0.05, 0) is 25.8 Å². The predicted octanol–water partition coefficient (Wildman–Crippen LogP) is -0.0144. The Hall–Kier alpha value is -1.47. The lowest BCUT2D eigenvalue weighted by atomic mass is 10.0. The summed E-state index contributed by atoms with van der Waals surface area (Å²) >= 11 is 0. The molecule has 0 aliphatic carbocycles.